The molecule has 0 aromatic heterocycles. The lowest BCUT2D eigenvalue weighted by molar-refractivity contribution is 0.105. The average Bonchev–Trinajstić information content (AvgIpc) is 2.96. The van der Waals surface area contributed by atoms with Crippen LogP contribution in [-0.4, -0.2) is 36.6 Å². The number of unbranched alkanes of at least 4 members (excludes halogenated alkanes) is 1. The van der Waals surface area contributed by atoms with E-state index < -0.39 is 0 Å². The van der Waals surface area contributed by atoms with Crippen molar-refractivity contribution in [1.82, 2.24) is 10.2 Å². The van der Waals surface area contributed by atoms with Crippen molar-refractivity contribution in [3.05, 3.63) is 0 Å². The molecular formula is C18H36N2. The van der Waals surface area contributed by atoms with E-state index in [1.165, 1.54) is 71.0 Å². The maximum absolute atomic E-state index is 3.91. The van der Waals surface area contributed by atoms with E-state index >= 15 is 0 Å². The first-order valence-corrected chi connectivity index (χ1v) is 9.16. The fourth-order valence-electron chi connectivity index (χ4n) is 4.06. The average molecular weight is 280 g/mol. The highest BCUT2D eigenvalue weighted by Crippen LogP contribution is 2.26. The van der Waals surface area contributed by atoms with Gasteiger partial charge >= 0.3 is 0 Å². The van der Waals surface area contributed by atoms with Crippen LogP contribution in [0.2, 0.25) is 0 Å². The predicted octanol–water partition coefficient (Wildman–Crippen LogP) is 4.06. The first-order chi connectivity index (χ1) is 9.69. The largest absolute Gasteiger partial charge is 0.312 e. The summed E-state index contributed by atoms with van der Waals surface area (Å²) in [5.41, 5.74) is 0. The van der Waals surface area contributed by atoms with Crippen molar-refractivity contribution in [3.8, 4) is 0 Å². The summed E-state index contributed by atoms with van der Waals surface area (Å²) < 4.78 is 0. The van der Waals surface area contributed by atoms with Crippen LogP contribution in [0, 0.1) is 11.8 Å². The highest BCUT2D eigenvalue weighted by Gasteiger charge is 2.28. The summed E-state index contributed by atoms with van der Waals surface area (Å²) in [5, 5.41) is 3.91. The summed E-state index contributed by atoms with van der Waals surface area (Å²) in [7, 11) is 0. The van der Waals surface area contributed by atoms with E-state index in [-0.39, 0.29) is 0 Å². The maximum atomic E-state index is 3.91. The number of hydrogen-bond acceptors (Lipinski definition) is 2. The van der Waals surface area contributed by atoms with E-state index in [0.717, 1.165) is 17.9 Å². The zero-order valence-corrected chi connectivity index (χ0v) is 14.0. The number of hydrogen-bond donors (Lipinski definition) is 1. The Morgan fingerprint density at radius 3 is 2.50 bits per heavy atom. The smallest absolute Gasteiger partial charge is 0.0198 e. The molecule has 2 aliphatic rings. The Morgan fingerprint density at radius 1 is 1.10 bits per heavy atom. The molecule has 2 rings (SSSR count). The van der Waals surface area contributed by atoms with E-state index in [0.29, 0.717) is 6.04 Å². The van der Waals surface area contributed by atoms with Crippen molar-refractivity contribution in [2.45, 2.75) is 84.2 Å². The van der Waals surface area contributed by atoms with Gasteiger partial charge in [0.15, 0.2) is 0 Å². The summed E-state index contributed by atoms with van der Waals surface area (Å²) in [6, 6.07) is 1.45. The van der Waals surface area contributed by atoms with Crippen molar-refractivity contribution in [2.24, 2.45) is 11.8 Å². The van der Waals surface area contributed by atoms with E-state index in [1.54, 1.807) is 0 Å². The van der Waals surface area contributed by atoms with Crippen LogP contribution in [0.5, 0.6) is 0 Å². The Morgan fingerprint density at radius 2 is 1.85 bits per heavy atom. The van der Waals surface area contributed by atoms with Crippen LogP contribution in [0.15, 0.2) is 0 Å². The van der Waals surface area contributed by atoms with Gasteiger partial charge in [-0.3, -0.25) is 4.90 Å². The van der Waals surface area contributed by atoms with Crippen LogP contribution < -0.4 is 5.32 Å². The molecule has 1 aliphatic heterocycles. The fraction of sp³-hybridized carbons (Fsp3) is 1.00. The summed E-state index contributed by atoms with van der Waals surface area (Å²) >= 11 is 0. The van der Waals surface area contributed by atoms with Gasteiger partial charge in [-0.1, -0.05) is 32.6 Å². The Bertz CT molecular complexity index is 258. The molecule has 2 nitrogen and oxygen atoms in total. The Hall–Kier alpha value is -0.0800. The Kier molecular flexibility index (Phi) is 6.83. The first kappa shape index (κ1) is 16.3. The molecule has 118 valence electrons. The second-order valence-electron chi connectivity index (χ2n) is 7.55. The van der Waals surface area contributed by atoms with Crippen LogP contribution in [0.4, 0.5) is 0 Å². The molecule has 0 bridgehead atoms. The van der Waals surface area contributed by atoms with E-state index in [2.05, 4.69) is 31.0 Å². The zero-order valence-electron chi connectivity index (χ0n) is 14.0. The quantitative estimate of drug-likeness (QED) is 0.756. The van der Waals surface area contributed by atoms with Crippen molar-refractivity contribution in [3.63, 3.8) is 0 Å². The summed E-state index contributed by atoms with van der Waals surface area (Å²) in [4.78, 5) is 2.70. The van der Waals surface area contributed by atoms with Gasteiger partial charge in [0, 0.05) is 25.2 Å². The van der Waals surface area contributed by atoms with Gasteiger partial charge in [0.05, 0.1) is 0 Å². The molecule has 2 heteroatoms. The lowest BCUT2D eigenvalue weighted by Gasteiger charge is -2.41. The van der Waals surface area contributed by atoms with Crippen molar-refractivity contribution in [2.75, 3.05) is 19.6 Å². The maximum Gasteiger partial charge on any atom is 0.0198 e. The van der Waals surface area contributed by atoms with Crippen molar-refractivity contribution in [1.29, 1.82) is 0 Å². The molecular weight excluding hydrogens is 244 g/mol. The van der Waals surface area contributed by atoms with Crippen molar-refractivity contribution >= 4 is 0 Å². The molecule has 1 heterocycles. The summed E-state index contributed by atoms with van der Waals surface area (Å²) in [6.45, 7) is 10.9. The van der Waals surface area contributed by atoms with E-state index in [9.17, 15) is 0 Å². The highest BCUT2D eigenvalue weighted by molar-refractivity contribution is 4.86. The second-order valence-corrected chi connectivity index (χ2v) is 7.55. The minimum Gasteiger partial charge on any atom is -0.312 e. The molecule has 0 radical (unpaired) electrons. The van der Waals surface area contributed by atoms with Gasteiger partial charge in [-0.2, -0.15) is 0 Å². The number of piperidine rings is 1. The SMILES string of the molecule is CCCCC1CC(NCC2CCCC2)CN(C(C)C)C1. The summed E-state index contributed by atoms with van der Waals surface area (Å²) in [5.74, 6) is 1.89. The van der Waals surface area contributed by atoms with Crippen LogP contribution in [0.1, 0.15) is 72.1 Å². The number of likely N-dealkylation sites (tertiary alicyclic amines) is 1. The molecule has 1 aliphatic carbocycles. The fourth-order valence-corrected chi connectivity index (χ4v) is 4.06. The zero-order chi connectivity index (χ0) is 14.4. The molecule has 1 saturated heterocycles. The van der Waals surface area contributed by atoms with Crippen LogP contribution in [-0.2, 0) is 0 Å². The lowest BCUT2D eigenvalue weighted by atomic mass is 9.89. The lowest BCUT2D eigenvalue weighted by Crippen LogP contribution is -2.52. The molecule has 1 N–H and O–H groups in total. The topological polar surface area (TPSA) is 15.3 Å². The predicted molar refractivity (Wildman–Crippen MR) is 88.1 cm³/mol. The van der Waals surface area contributed by atoms with E-state index in [4.69, 9.17) is 0 Å². The minimum absolute atomic E-state index is 0.704. The number of rotatable bonds is 7. The standard InChI is InChI=1S/C18H36N2/c1-4-5-8-17-11-18(14-20(13-17)15(2)3)19-12-16-9-6-7-10-16/h15-19H,4-14H2,1-3H3. The van der Waals surface area contributed by atoms with Gasteiger partial charge in [0.25, 0.3) is 0 Å². The van der Waals surface area contributed by atoms with Crippen molar-refractivity contribution < 1.29 is 0 Å². The molecule has 2 unspecified atom stereocenters. The third-order valence-corrected chi connectivity index (χ3v) is 5.43. The van der Waals surface area contributed by atoms with Gasteiger partial charge in [-0.05, 0) is 57.9 Å². The molecule has 20 heavy (non-hydrogen) atoms. The Labute approximate surface area is 126 Å². The first-order valence-electron chi connectivity index (χ1n) is 9.16. The van der Waals surface area contributed by atoms with Crippen LogP contribution in [0.3, 0.4) is 0 Å². The molecule has 0 aromatic carbocycles. The van der Waals surface area contributed by atoms with Crippen LogP contribution >= 0.6 is 0 Å². The van der Waals surface area contributed by atoms with Gasteiger partial charge in [-0.25, -0.2) is 0 Å². The van der Waals surface area contributed by atoms with Crippen LogP contribution in [0.25, 0.3) is 0 Å². The highest BCUT2D eigenvalue weighted by atomic mass is 15.2. The third kappa shape index (κ3) is 5.04. The molecule has 0 spiro atoms. The number of nitrogens with one attached hydrogen (secondary N) is 1. The third-order valence-electron chi connectivity index (χ3n) is 5.43. The molecule has 1 saturated carbocycles. The normalized spacial score (nSPS) is 29.4. The minimum atomic E-state index is 0.704. The molecule has 0 aromatic rings. The summed E-state index contributed by atoms with van der Waals surface area (Å²) in [6.07, 6.45) is 11.5. The van der Waals surface area contributed by atoms with Gasteiger partial charge in [0.1, 0.15) is 0 Å². The van der Waals surface area contributed by atoms with E-state index in [1.807, 2.05) is 0 Å². The van der Waals surface area contributed by atoms with Gasteiger partial charge in [0.2, 0.25) is 0 Å². The van der Waals surface area contributed by atoms with Gasteiger partial charge < -0.3 is 5.32 Å². The molecule has 2 fully saturated rings. The molecule has 0 amide bonds. The second kappa shape index (κ2) is 8.38. The monoisotopic (exact) mass is 280 g/mol. The van der Waals surface area contributed by atoms with Gasteiger partial charge in [-0.15, -0.1) is 0 Å². The Balaban J connectivity index is 1.79. The molecule has 2 atom stereocenters. The number of nitrogens with zero attached hydrogens (tertiary/aromatic N) is 1.